The Labute approximate surface area is 202 Å². The lowest BCUT2D eigenvalue weighted by molar-refractivity contribution is -0.524. The highest BCUT2D eigenvalue weighted by molar-refractivity contribution is 7.90. The van der Waals surface area contributed by atoms with Crippen molar-refractivity contribution in [3.63, 3.8) is 0 Å². The fraction of sp³-hybridized carbons (Fsp3) is 0.200. The Balaban J connectivity index is 1.76. The highest BCUT2D eigenvalue weighted by atomic mass is 32.2. The van der Waals surface area contributed by atoms with Crippen molar-refractivity contribution in [3.8, 4) is 0 Å². The molecular weight excluding hydrogens is 472 g/mol. The monoisotopic (exact) mass is 495 g/mol. The number of anilines is 1. The second kappa shape index (κ2) is 10.9. The Bertz CT molecular complexity index is 1360. The lowest BCUT2D eigenvalue weighted by Gasteiger charge is -2.15. The molecule has 0 fully saturated rings. The summed E-state index contributed by atoms with van der Waals surface area (Å²) in [5, 5.41) is 25.0. The SMILES string of the molecule is CC(c1ccc(C(=O)[O-])cc1NC(=O)CCc1ccccc1CS(=O)(=O)c1ccccc1)[N+](=O)[O-]. The first kappa shape index (κ1) is 25.6. The van der Waals surface area contributed by atoms with Crippen LogP contribution in [0.1, 0.15) is 46.4 Å². The van der Waals surface area contributed by atoms with E-state index in [2.05, 4.69) is 5.32 Å². The lowest BCUT2D eigenvalue weighted by atomic mass is 10.0. The Morgan fingerprint density at radius 2 is 1.60 bits per heavy atom. The smallest absolute Gasteiger partial charge is 0.237 e. The molecule has 0 saturated carbocycles. The molecule has 0 spiro atoms. The standard InChI is InChI=1S/C25H24N2O7S/c1-17(27(31)32)22-13-11-19(25(29)30)15-23(22)26-24(28)14-12-18-7-5-6-8-20(18)16-35(33,34)21-9-3-2-4-10-21/h2-11,13,15,17H,12,14,16H2,1H3,(H,26,28)(H,29,30)/p-1. The molecule has 0 aliphatic heterocycles. The number of amides is 1. The predicted octanol–water partition coefficient (Wildman–Crippen LogP) is 2.93. The van der Waals surface area contributed by atoms with Gasteiger partial charge in [-0.15, -0.1) is 0 Å². The second-order valence-corrected chi connectivity index (χ2v) is 9.93. The van der Waals surface area contributed by atoms with Crippen LogP contribution >= 0.6 is 0 Å². The number of carbonyl (C=O) groups excluding carboxylic acids is 2. The molecule has 35 heavy (non-hydrogen) atoms. The van der Waals surface area contributed by atoms with Crippen LogP contribution in [0.3, 0.4) is 0 Å². The van der Waals surface area contributed by atoms with Crippen LogP contribution in [0.15, 0.2) is 77.7 Å². The lowest BCUT2D eigenvalue weighted by Crippen LogP contribution is -2.23. The molecule has 3 aromatic rings. The van der Waals surface area contributed by atoms with Gasteiger partial charge >= 0.3 is 0 Å². The zero-order valence-corrected chi connectivity index (χ0v) is 19.7. The van der Waals surface area contributed by atoms with Crippen LogP contribution in [0.2, 0.25) is 0 Å². The number of aryl methyl sites for hydroxylation is 1. The van der Waals surface area contributed by atoms with Gasteiger partial charge in [0.05, 0.1) is 22.3 Å². The van der Waals surface area contributed by atoms with E-state index in [1.54, 1.807) is 42.5 Å². The Kier molecular flexibility index (Phi) is 7.98. The van der Waals surface area contributed by atoms with Crippen LogP contribution < -0.4 is 10.4 Å². The maximum absolute atomic E-state index is 12.8. The van der Waals surface area contributed by atoms with Crippen LogP contribution in [0, 0.1) is 10.1 Å². The van der Waals surface area contributed by atoms with E-state index in [0.717, 1.165) is 6.07 Å². The minimum Gasteiger partial charge on any atom is -0.545 e. The number of hydrogen-bond acceptors (Lipinski definition) is 7. The molecule has 0 bridgehead atoms. The normalized spacial score (nSPS) is 12.0. The molecule has 0 aromatic heterocycles. The number of carboxylic acids is 1. The minimum absolute atomic E-state index is 0.0147. The predicted molar refractivity (Wildman–Crippen MR) is 127 cm³/mol. The number of aromatic carboxylic acids is 1. The number of benzene rings is 3. The van der Waals surface area contributed by atoms with Gasteiger partial charge in [0.15, 0.2) is 9.84 Å². The van der Waals surface area contributed by atoms with Gasteiger partial charge in [0, 0.05) is 23.8 Å². The highest BCUT2D eigenvalue weighted by Crippen LogP contribution is 2.27. The van der Waals surface area contributed by atoms with Gasteiger partial charge in [0.2, 0.25) is 11.9 Å². The minimum atomic E-state index is -3.59. The zero-order valence-electron chi connectivity index (χ0n) is 18.8. The van der Waals surface area contributed by atoms with Gasteiger partial charge in [-0.1, -0.05) is 48.5 Å². The van der Waals surface area contributed by atoms with Crippen molar-refractivity contribution in [3.05, 3.63) is 105 Å². The summed E-state index contributed by atoms with van der Waals surface area (Å²) < 4.78 is 25.6. The van der Waals surface area contributed by atoms with Gasteiger partial charge < -0.3 is 15.2 Å². The van der Waals surface area contributed by atoms with Gasteiger partial charge in [-0.2, -0.15) is 0 Å². The second-order valence-electron chi connectivity index (χ2n) is 7.94. The number of carbonyl (C=O) groups is 2. The largest absolute Gasteiger partial charge is 0.545 e. The molecule has 1 amide bonds. The highest BCUT2D eigenvalue weighted by Gasteiger charge is 2.22. The van der Waals surface area contributed by atoms with Crippen LogP contribution in [-0.4, -0.2) is 25.2 Å². The van der Waals surface area contributed by atoms with Crippen LogP contribution in [0.25, 0.3) is 0 Å². The maximum atomic E-state index is 12.8. The maximum Gasteiger partial charge on any atom is 0.237 e. The number of hydrogen-bond donors (Lipinski definition) is 1. The van der Waals surface area contributed by atoms with E-state index in [1.807, 2.05) is 0 Å². The summed E-state index contributed by atoms with van der Waals surface area (Å²) in [6.45, 7) is 1.33. The quantitative estimate of drug-likeness (QED) is 0.336. The van der Waals surface area contributed by atoms with E-state index >= 15 is 0 Å². The summed E-state index contributed by atoms with van der Waals surface area (Å²) in [5.41, 5.74) is 1.18. The van der Waals surface area contributed by atoms with Crippen molar-refractivity contribution in [1.29, 1.82) is 0 Å². The Morgan fingerprint density at radius 1 is 0.971 bits per heavy atom. The van der Waals surface area contributed by atoms with Crippen molar-refractivity contribution in [1.82, 2.24) is 0 Å². The number of sulfone groups is 1. The molecule has 10 heteroatoms. The van der Waals surface area contributed by atoms with Crippen molar-refractivity contribution in [2.45, 2.75) is 36.5 Å². The summed E-state index contributed by atoms with van der Waals surface area (Å²) >= 11 is 0. The summed E-state index contributed by atoms with van der Waals surface area (Å²) in [4.78, 5) is 34.8. The summed E-state index contributed by atoms with van der Waals surface area (Å²) in [7, 11) is -3.59. The van der Waals surface area contributed by atoms with Gasteiger partial charge in [-0.3, -0.25) is 14.9 Å². The van der Waals surface area contributed by atoms with E-state index < -0.39 is 32.7 Å². The molecule has 0 radical (unpaired) electrons. The fourth-order valence-corrected chi connectivity index (χ4v) is 5.02. The van der Waals surface area contributed by atoms with Crippen molar-refractivity contribution in [2.24, 2.45) is 0 Å². The zero-order chi connectivity index (χ0) is 25.6. The molecule has 0 aliphatic carbocycles. The summed E-state index contributed by atoms with van der Waals surface area (Å²) in [6.07, 6.45) is 0.164. The molecule has 0 heterocycles. The summed E-state index contributed by atoms with van der Waals surface area (Å²) in [6, 6.07) is 17.4. The molecule has 3 aromatic carbocycles. The third-order valence-corrected chi connectivity index (χ3v) is 7.20. The molecule has 3 rings (SSSR count). The Morgan fingerprint density at radius 3 is 2.23 bits per heavy atom. The third-order valence-electron chi connectivity index (χ3n) is 5.52. The number of nitrogens with one attached hydrogen (secondary N) is 1. The van der Waals surface area contributed by atoms with E-state index in [1.165, 1.54) is 31.2 Å². The Hall–Kier alpha value is -4.05. The molecule has 0 saturated heterocycles. The van der Waals surface area contributed by atoms with Gasteiger partial charge in [-0.05, 0) is 47.4 Å². The first-order valence-electron chi connectivity index (χ1n) is 10.7. The summed E-state index contributed by atoms with van der Waals surface area (Å²) in [5.74, 6) is -2.21. The van der Waals surface area contributed by atoms with E-state index in [4.69, 9.17) is 0 Å². The van der Waals surface area contributed by atoms with Crippen molar-refractivity contribution >= 4 is 27.4 Å². The molecular formula is C25H23N2O7S-. The first-order chi connectivity index (χ1) is 16.6. The number of rotatable bonds is 10. The van der Waals surface area contributed by atoms with Crippen LogP contribution in [-0.2, 0) is 26.8 Å². The molecule has 1 atom stereocenters. The van der Waals surface area contributed by atoms with Crippen molar-refractivity contribution < 1.29 is 28.0 Å². The first-order valence-corrected chi connectivity index (χ1v) is 12.4. The van der Waals surface area contributed by atoms with Gasteiger partial charge in [0.25, 0.3) is 0 Å². The fourth-order valence-electron chi connectivity index (χ4n) is 3.59. The number of nitro groups is 1. The molecule has 1 N–H and O–H groups in total. The van der Waals surface area contributed by atoms with Crippen molar-refractivity contribution in [2.75, 3.05) is 5.32 Å². The average Bonchev–Trinajstić information content (AvgIpc) is 2.83. The van der Waals surface area contributed by atoms with Crippen LogP contribution in [0.5, 0.6) is 0 Å². The molecule has 0 aliphatic rings. The third kappa shape index (κ3) is 6.51. The van der Waals surface area contributed by atoms with Crippen LogP contribution in [0.4, 0.5) is 5.69 Å². The number of carboxylic acid groups (broad SMARTS) is 1. The molecule has 1 unspecified atom stereocenters. The topological polar surface area (TPSA) is 147 Å². The molecule has 9 nitrogen and oxygen atoms in total. The molecule has 182 valence electrons. The average molecular weight is 496 g/mol. The van der Waals surface area contributed by atoms with Gasteiger partial charge in [0.1, 0.15) is 0 Å². The van der Waals surface area contributed by atoms with E-state index in [0.29, 0.717) is 11.1 Å². The van der Waals surface area contributed by atoms with E-state index in [9.17, 15) is 33.2 Å². The van der Waals surface area contributed by atoms with E-state index in [-0.39, 0.29) is 40.3 Å². The number of nitrogens with zero attached hydrogens (tertiary/aromatic N) is 1. The van der Waals surface area contributed by atoms with Gasteiger partial charge in [-0.25, -0.2) is 8.42 Å².